The van der Waals surface area contributed by atoms with E-state index in [9.17, 15) is 26.3 Å². The summed E-state index contributed by atoms with van der Waals surface area (Å²) in [6.45, 7) is 1.67. The molecular weight excluding hydrogens is 318 g/mol. The second-order valence-electron chi connectivity index (χ2n) is 4.44. The van der Waals surface area contributed by atoms with E-state index in [1.807, 2.05) is 0 Å². The quantitative estimate of drug-likeness (QED) is 0.864. The molecule has 1 aromatic carbocycles. The first-order valence-corrected chi connectivity index (χ1v) is 6.26. The maximum Gasteiger partial charge on any atom is 0.573 e. The van der Waals surface area contributed by atoms with E-state index in [0.717, 1.165) is 6.07 Å². The Hall–Kier alpha value is -1.84. The molecule has 0 amide bonds. The van der Waals surface area contributed by atoms with Gasteiger partial charge in [-0.15, -0.1) is 26.3 Å². The Morgan fingerprint density at radius 1 is 0.909 bits per heavy atom. The van der Waals surface area contributed by atoms with Gasteiger partial charge in [0.15, 0.2) is 11.5 Å². The smallest absolute Gasteiger partial charge is 0.402 e. The monoisotopic (exact) mass is 330 g/mol. The molecule has 4 nitrogen and oxygen atoms in total. The number of ether oxygens (including phenoxy) is 2. The van der Waals surface area contributed by atoms with Crippen LogP contribution in [-0.2, 0) is 0 Å². The Kier molecular flexibility index (Phi) is 4.59. The lowest BCUT2D eigenvalue weighted by Gasteiger charge is -2.31. The van der Waals surface area contributed by atoms with Gasteiger partial charge >= 0.3 is 12.7 Å². The molecule has 1 aromatic rings. The van der Waals surface area contributed by atoms with Crippen molar-refractivity contribution in [3.63, 3.8) is 0 Å². The first-order chi connectivity index (χ1) is 10.2. The molecule has 0 saturated carbocycles. The molecule has 1 aliphatic heterocycles. The number of anilines is 1. The number of benzene rings is 1. The summed E-state index contributed by atoms with van der Waals surface area (Å²) in [5, 5.41) is 2.99. The van der Waals surface area contributed by atoms with E-state index < -0.39 is 24.2 Å². The largest absolute Gasteiger partial charge is 0.573 e. The fraction of sp³-hybridized carbons (Fsp3) is 0.500. The highest BCUT2D eigenvalue weighted by atomic mass is 19.4. The molecular formula is C12H12F6N2O2. The number of rotatable bonds is 3. The normalized spacial score (nSPS) is 16.5. The first kappa shape index (κ1) is 16.5. The number of nitrogens with zero attached hydrogens (tertiary/aromatic N) is 1. The maximum absolute atomic E-state index is 12.5. The van der Waals surface area contributed by atoms with Crippen LogP contribution in [0.5, 0.6) is 11.5 Å². The fourth-order valence-electron chi connectivity index (χ4n) is 2.08. The number of nitrogens with one attached hydrogen (secondary N) is 1. The van der Waals surface area contributed by atoms with Gasteiger partial charge in [-0.3, -0.25) is 0 Å². The van der Waals surface area contributed by atoms with Crippen LogP contribution in [0.25, 0.3) is 0 Å². The van der Waals surface area contributed by atoms with Crippen molar-refractivity contribution in [2.24, 2.45) is 0 Å². The van der Waals surface area contributed by atoms with Crippen LogP contribution < -0.4 is 19.7 Å². The molecule has 22 heavy (non-hydrogen) atoms. The summed E-state index contributed by atoms with van der Waals surface area (Å²) in [4.78, 5) is 1.50. The predicted octanol–water partition coefficient (Wildman–Crippen LogP) is 2.89. The molecule has 0 aliphatic carbocycles. The number of alkyl halides is 6. The van der Waals surface area contributed by atoms with Crippen LogP contribution in [0.15, 0.2) is 18.2 Å². The Morgan fingerprint density at radius 2 is 1.50 bits per heavy atom. The number of hydrogen-bond donors (Lipinski definition) is 1. The van der Waals surface area contributed by atoms with Crippen molar-refractivity contribution in [3.05, 3.63) is 18.2 Å². The summed E-state index contributed by atoms with van der Waals surface area (Å²) in [5.41, 5.74) is -0.0967. The van der Waals surface area contributed by atoms with Crippen LogP contribution >= 0.6 is 0 Å². The van der Waals surface area contributed by atoms with Gasteiger partial charge in [0.25, 0.3) is 0 Å². The fourth-order valence-corrected chi connectivity index (χ4v) is 2.08. The molecule has 2 rings (SSSR count). The number of halogens is 6. The minimum atomic E-state index is -5.13. The zero-order valence-electron chi connectivity index (χ0n) is 11.1. The van der Waals surface area contributed by atoms with Crippen molar-refractivity contribution >= 4 is 5.69 Å². The minimum absolute atomic E-state index is 0.0967. The molecule has 1 N–H and O–H groups in total. The van der Waals surface area contributed by atoms with Gasteiger partial charge in [0.05, 0.1) is 5.69 Å². The maximum atomic E-state index is 12.5. The van der Waals surface area contributed by atoms with Crippen LogP contribution in [0.2, 0.25) is 0 Å². The predicted molar refractivity (Wildman–Crippen MR) is 64.9 cm³/mol. The van der Waals surface area contributed by atoms with Gasteiger partial charge in [-0.1, -0.05) is 6.07 Å². The standard InChI is InChI=1S/C12H12F6N2O2/c13-11(14,15)21-9-3-1-2-8(10(9)22-12(16,17)18)20-6-4-19-5-7-20/h1-3,19H,4-7H2. The highest BCUT2D eigenvalue weighted by Gasteiger charge is 2.38. The molecule has 1 aliphatic rings. The zero-order valence-corrected chi connectivity index (χ0v) is 11.1. The summed E-state index contributed by atoms with van der Waals surface area (Å²) in [5.74, 6) is -2.02. The van der Waals surface area contributed by atoms with E-state index >= 15 is 0 Å². The van der Waals surface area contributed by atoms with Crippen molar-refractivity contribution in [2.75, 3.05) is 31.1 Å². The summed E-state index contributed by atoms with van der Waals surface area (Å²) < 4.78 is 82.0. The van der Waals surface area contributed by atoms with E-state index in [0.29, 0.717) is 26.2 Å². The Balaban J connectivity index is 2.40. The lowest BCUT2D eigenvalue weighted by molar-refractivity contribution is -0.287. The third-order valence-electron chi connectivity index (χ3n) is 2.86. The summed E-state index contributed by atoms with van der Waals surface area (Å²) in [7, 11) is 0. The van der Waals surface area contributed by atoms with E-state index in [4.69, 9.17) is 0 Å². The number of para-hydroxylation sites is 1. The summed E-state index contributed by atoms with van der Waals surface area (Å²) >= 11 is 0. The van der Waals surface area contributed by atoms with Crippen molar-refractivity contribution in [3.8, 4) is 11.5 Å². The molecule has 0 bridgehead atoms. The topological polar surface area (TPSA) is 33.7 Å². The molecule has 1 saturated heterocycles. The van der Waals surface area contributed by atoms with Crippen molar-refractivity contribution in [1.29, 1.82) is 0 Å². The number of piperazine rings is 1. The first-order valence-electron chi connectivity index (χ1n) is 6.26. The molecule has 0 unspecified atom stereocenters. The van der Waals surface area contributed by atoms with Gasteiger partial charge in [-0.25, -0.2) is 0 Å². The molecule has 0 atom stereocenters. The van der Waals surface area contributed by atoms with E-state index in [1.165, 1.54) is 17.0 Å². The van der Waals surface area contributed by atoms with Gasteiger partial charge in [0.2, 0.25) is 0 Å². The highest BCUT2D eigenvalue weighted by molar-refractivity contribution is 5.65. The van der Waals surface area contributed by atoms with Crippen LogP contribution in [0.4, 0.5) is 32.0 Å². The van der Waals surface area contributed by atoms with Crippen LogP contribution in [0.1, 0.15) is 0 Å². The van der Waals surface area contributed by atoms with Gasteiger partial charge < -0.3 is 19.7 Å². The average molecular weight is 330 g/mol. The minimum Gasteiger partial charge on any atom is -0.402 e. The van der Waals surface area contributed by atoms with E-state index in [1.54, 1.807) is 0 Å². The average Bonchev–Trinajstić information content (AvgIpc) is 2.38. The molecule has 0 radical (unpaired) electrons. The molecule has 0 spiro atoms. The van der Waals surface area contributed by atoms with Gasteiger partial charge in [-0.05, 0) is 12.1 Å². The third kappa shape index (κ3) is 4.58. The Bertz CT molecular complexity index is 511. The summed E-state index contributed by atoms with van der Waals surface area (Å²) in [6, 6.07) is 3.22. The SMILES string of the molecule is FC(F)(F)Oc1cccc(N2CCNCC2)c1OC(F)(F)F. The van der Waals surface area contributed by atoms with Crippen LogP contribution in [0, 0.1) is 0 Å². The second kappa shape index (κ2) is 6.11. The van der Waals surface area contributed by atoms with Gasteiger partial charge in [0.1, 0.15) is 0 Å². The van der Waals surface area contributed by atoms with Gasteiger partial charge in [0, 0.05) is 26.2 Å². The third-order valence-corrected chi connectivity index (χ3v) is 2.86. The van der Waals surface area contributed by atoms with E-state index in [2.05, 4.69) is 14.8 Å². The molecule has 10 heteroatoms. The molecule has 1 fully saturated rings. The van der Waals surface area contributed by atoms with Crippen molar-refractivity contribution in [1.82, 2.24) is 5.32 Å². The van der Waals surface area contributed by atoms with Crippen LogP contribution in [0.3, 0.4) is 0 Å². The van der Waals surface area contributed by atoms with Gasteiger partial charge in [-0.2, -0.15) is 0 Å². The zero-order chi connectivity index (χ0) is 16.4. The second-order valence-corrected chi connectivity index (χ2v) is 4.44. The highest BCUT2D eigenvalue weighted by Crippen LogP contribution is 2.42. The van der Waals surface area contributed by atoms with E-state index in [-0.39, 0.29) is 5.69 Å². The molecule has 0 aromatic heterocycles. The van der Waals surface area contributed by atoms with Crippen molar-refractivity contribution < 1.29 is 35.8 Å². The van der Waals surface area contributed by atoms with Crippen LogP contribution in [-0.4, -0.2) is 38.9 Å². The van der Waals surface area contributed by atoms with Crippen molar-refractivity contribution in [2.45, 2.75) is 12.7 Å². The summed E-state index contributed by atoms with van der Waals surface area (Å²) in [6.07, 6.45) is -10.3. The Labute approximate surface area is 121 Å². The molecule has 1 heterocycles. The molecule has 124 valence electrons. The lowest BCUT2D eigenvalue weighted by Crippen LogP contribution is -2.43. The number of hydrogen-bond acceptors (Lipinski definition) is 4. The Morgan fingerprint density at radius 3 is 2.05 bits per heavy atom. The lowest BCUT2D eigenvalue weighted by atomic mass is 10.2.